The lowest BCUT2D eigenvalue weighted by Crippen LogP contribution is -2.39. The third-order valence-corrected chi connectivity index (χ3v) is 6.59. The van der Waals surface area contributed by atoms with Crippen LogP contribution >= 0.6 is 27.3 Å². The Balaban J connectivity index is 2.22. The van der Waals surface area contributed by atoms with Crippen molar-refractivity contribution >= 4 is 27.3 Å². The van der Waals surface area contributed by atoms with Crippen molar-refractivity contribution in [3.05, 3.63) is 20.3 Å². The summed E-state index contributed by atoms with van der Waals surface area (Å²) in [4.78, 5) is 2.28. The topological polar surface area (TPSA) is 46.2 Å². The van der Waals surface area contributed by atoms with Gasteiger partial charge in [0.25, 0.3) is 0 Å². The maximum atomic E-state index is 10.7. The number of hydrogen-bond acceptors (Lipinski definition) is 3. The highest BCUT2D eigenvalue weighted by molar-refractivity contribution is 9.10. The molecular formula is C14H22BrNOS. The van der Waals surface area contributed by atoms with Crippen LogP contribution < -0.4 is 5.73 Å². The molecule has 1 aromatic heterocycles. The molecule has 2 nitrogen and oxygen atoms in total. The van der Waals surface area contributed by atoms with Crippen LogP contribution in [-0.4, -0.2) is 11.7 Å². The van der Waals surface area contributed by atoms with Gasteiger partial charge in [0.15, 0.2) is 0 Å². The van der Waals surface area contributed by atoms with E-state index in [9.17, 15) is 5.11 Å². The lowest BCUT2D eigenvalue weighted by atomic mass is 9.67. The monoisotopic (exact) mass is 331 g/mol. The number of rotatable bonds is 3. The molecule has 1 atom stereocenters. The molecule has 0 aromatic carbocycles. The zero-order chi connectivity index (χ0) is 13.3. The average Bonchev–Trinajstić information content (AvgIpc) is 2.70. The molecule has 0 aliphatic heterocycles. The molecule has 0 amide bonds. The van der Waals surface area contributed by atoms with Crippen molar-refractivity contribution in [1.82, 2.24) is 0 Å². The van der Waals surface area contributed by atoms with Crippen molar-refractivity contribution in [3.8, 4) is 0 Å². The molecule has 1 saturated carbocycles. The van der Waals surface area contributed by atoms with Gasteiger partial charge in [0, 0.05) is 26.2 Å². The number of thiophene rings is 1. The van der Waals surface area contributed by atoms with E-state index < -0.39 is 6.10 Å². The molecule has 18 heavy (non-hydrogen) atoms. The standard InChI is InChI=1S/C14H22BrNOS/c1-9-3-5-14(8-16,6-4-9)13(17)12-7-11(15)10(2)18-12/h7,9,13,17H,3-6,8,16H2,1-2H3. The van der Waals surface area contributed by atoms with Crippen molar-refractivity contribution in [2.75, 3.05) is 6.54 Å². The molecule has 1 aromatic rings. The fraction of sp³-hybridized carbons (Fsp3) is 0.714. The zero-order valence-electron chi connectivity index (χ0n) is 11.1. The molecule has 0 bridgehead atoms. The molecule has 0 spiro atoms. The summed E-state index contributed by atoms with van der Waals surface area (Å²) in [5.74, 6) is 0.772. The molecular weight excluding hydrogens is 310 g/mol. The van der Waals surface area contributed by atoms with E-state index in [1.165, 1.54) is 17.7 Å². The summed E-state index contributed by atoms with van der Waals surface area (Å²) in [5, 5.41) is 10.7. The third kappa shape index (κ3) is 2.67. The van der Waals surface area contributed by atoms with E-state index in [0.717, 1.165) is 28.1 Å². The fourth-order valence-corrected chi connectivity index (χ4v) is 4.53. The Morgan fingerprint density at radius 3 is 2.61 bits per heavy atom. The Morgan fingerprint density at radius 1 is 1.56 bits per heavy atom. The number of hydrogen-bond donors (Lipinski definition) is 2. The predicted molar refractivity (Wildman–Crippen MR) is 80.8 cm³/mol. The summed E-state index contributed by atoms with van der Waals surface area (Å²) in [6.45, 7) is 4.94. The van der Waals surface area contributed by atoms with Gasteiger partial charge in [-0.15, -0.1) is 11.3 Å². The van der Waals surface area contributed by atoms with E-state index in [-0.39, 0.29) is 5.41 Å². The quantitative estimate of drug-likeness (QED) is 0.879. The van der Waals surface area contributed by atoms with Gasteiger partial charge < -0.3 is 10.8 Å². The molecule has 102 valence electrons. The van der Waals surface area contributed by atoms with Crippen LogP contribution in [0, 0.1) is 18.3 Å². The van der Waals surface area contributed by atoms with E-state index in [4.69, 9.17) is 5.73 Å². The summed E-state index contributed by atoms with van der Waals surface area (Å²) in [6, 6.07) is 2.06. The van der Waals surface area contributed by atoms with Gasteiger partial charge in [-0.25, -0.2) is 0 Å². The largest absolute Gasteiger partial charge is 0.387 e. The van der Waals surface area contributed by atoms with Gasteiger partial charge in [-0.05, 0) is 47.7 Å². The minimum atomic E-state index is -0.412. The molecule has 1 unspecified atom stereocenters. The van der Waals surface area contributed by atoms with Crippen LogP contribution in [0.1, 0.15) is 48.5 Å². The third-order valence-electron chi connectivity index (χ3n) is 4.40. The average molecular weight is 332 g/mol. The number of aliphatic hydroxyl groups is 1. The Hall–Kier alpha value is 0.100. The van der Waals surface area contributed by atoms with Gasteiger partial charge in [-0.2, -0.15) is 0 Å². The van der Waals surface area contributed by atoms with Crippen LogP contribution in [0.4, 0.5) is 0 Å². The summed E-state index contributed by atoms with van der Waals surface area (Å²) >= 11 is 5.20. The summed E-state index contributed by atoms with van der Waals surface area (Å²) in [7, 11) is 0. The summed E-state index contributed by atoms with van der Waals surface area (Å²) < 4.78 is 1.10. The first-order valence-electron chi connectivity index (χ1n) is 6.62. The molecule has 0 radical (unpaired) electrons. The Labute approximate surface area is 122 Å². The van der Waals surface area contributed by atoms with Crippen LogP contribution in [0.2, 0.25) is 0 Å². The fourth-order valence-electron chi connectivity index (χ4n) is 2.84. The SMILES string of the molecule is Cc1sc(C(O)C2(CN)CCC(C)CC2)cc1Br. The Kier molecular flexibility index (Phi) is 4.52. The second kappa shape index (κ2) is 5.61. The van der Waals surface area contributed by atoms with E-state index in [1.54, 1.807) is 11.3 Å². The zero-order valence-corrected chi connectivity index (χ0v) is 13.5. The highest BCUT2D eigenvalue weighted by Gasteiger charge is 2.40. The van der Waals surface area contributed by atoms with Gasteiger partial charge in [-0.1, -0.05) is 19.8 Å². The highest BCUT2D eigenvalue weighted by atomic mass is 79.9. The van der Waals surface area contributed by atoms with Gasteiger partial charge >= 0.3 is 0 Å². The summed E-state index contributed by atoms with van der Waals surface area (Å²) in [6.07, 6.45) is 4.03. The van der Waals surface area contributed by atoms with Crippen LogP contribution in [0.15, 0.2) is 10.5 Å². The summed E-state index contributed by atoms with van der Waals surface area (Å²) in [5.41, 5.74) is 5.89. The lowest BCUT2D eigenvalue weighted by Gasteiger charge is -2.41. The first-order valence-corrected chi connectivity index (χ1v) is 8.23. The van der Waals surface area contributed by atoms with Gasteiger partial charge in [-0.3, -0.25) is 0 Å². The van der Waals surface area contributed by atoms with Crippen molar-refractivity contribution in [1.29, 1.82) is 0 Å². The van der Waals surface area contributed by atoms with Gasteiger partial charge in [0.05, 0.1) is 6.10 Å². The number of halogens is 1. The van der Waals surface area contributed by atoms with Gasteiger partial charge in [0.1, 0.15) is 0 Å². The number of aliphatic hydroxyl groups excluding tert-OH is 1. The van der Waals surface area contributed by atoms with Crippen molar-refractivity contribution in [2.45, 2.75) is 45.6 Å². The molecule has 1 aliphatic carbocycles. The molecule has 1 fully saturated rings. The van der Waals surface area contributed by atoms with Gasteiger partial charge in [0.2, 0.25) is 0 Å². The minimum Gasteiger partial charge on any atom is -0.387 e. The van der Waals surface area contributed by atoms with Crippen LogP contribution in [-0.2, 0) is 0 Å². The van der Waals surface area contributed by atoms with E-state index in [2.05, 4.69) is 35.8 Å². The first-order chi connectivity index (χ1) is 8.48. The second-order valence-electron chi connectivity index (χ2n) is 5.70. The maximum Gasteiger partial charge on any atom is 0.0950 e. The minimum absolute atomic E-state index is 0.108. The first kappa shape index (κ1) is 14.5. The van der Waals surface area contributed by atoms with Crippen LogP contribution in [0.25, 0.3) is 0 Å². The van der Waals surface area contributed by atoms with Crippen LogP contribution in [0.3, 0.4) is 0 Å². The normalized spacial score (nSPS) is 30.4. The molecule has 1 aliphatic rings. The van der Waals surface area contributed by atoms with Crippen molar-refractivity contribution in [3.63, 3.8) is 0 Å². The van der Waals surface area contributed by atoms with E-state index >= 15 is 0 Å². The van der Waals surface area contributed by atoms with Crippen molar-refractivity contribution < 1.29 is 5.11 Å². The molecule has 0 saturated heterocycles. The van der Waals surface area contributed by atoms with E-state index in [0.29, 0.717) is 6.54 Å². The van der Waals surface area contributed by atoms with Crippen LogP contribution in [0.5, 0.6) is 0 Å². The number of nitrogens with two attached hydrogens (primary N) is 1. The highest BCUT2D eigenvalue weighted by Crippen LogP contribution is 2.48. The smallest absolute Gasteiger partial charge is 0.0950 e. The molecule has 2 rings (SSSR count). The molecule has 3 N–H and O–H groups in total. The lowest BCUT2D eigenvalue weighted by molar-refractivity contribution is -0.00592. The second-order valence-corrected chi connectivity index (χ2v) is 7.85. The Bertz CT molecular complexity index is 390. The number of aryl methyl sites for hydroxylation is 1. The molecule has 1 heterocycles. The van der Waals surface area contributed by atoms with Crippen molar-refractivity contribution in [2.24, 2.45) is 17.1 Å². The Morgan fingerprint density at radius 2 is 2.17 bits per heavy atom. The van der Waals surface area contributed by atoms with E-state index in [1.807, 2.05) is 0 Å². The maximum absolute atomic E-state index is 10.7. The predicted octanol–water partition coefficient (Wildman–Crippen LogP) is 4.01. The molecule has 4 heteroatoms.